The minimum absolute atomic E-state index is 0.114. The molecule has 1 amide bonds. The standard InChI is InChI=1S/C18H14BrN5O4/c1-2-10-8-16(25)22-18(20-10)24-15(9-11(23-24)12-4-3-7-27-12)21-17(26)13-5-6-14(19)28-13/h3-9H,2H2,1H3,(H,21,26)(H,20,22,25). The molecule has 28 heavy (non-hydrogen) atoms. The highest BCUT2D eigenvalue weighted by Crippen LogP contribution is 2.25. The van der Waals surface area contributed by atoms with Gasteiger partial charge in [-0.05, 0) is 46.6 Å². The van der Waals surface area contributed by atoms with E-state index in [0.29, 0.717) is 34.1 Å². The van der Waals surface area contributed by atoms with Crippen molar-refractivity contribution in [3.63, 3.8) is 0 Å². The SMILES string of the molecule is CCc1cc(=O)[nH]c(-n2nc(-c3ccco3)cc2NC(=O)c2ccc(Br)o2)n1. The molecule has 4 rings (SSSR count). The number of furan rings is 2. The predicted molar refractivity (Wildman–Crippen MR) is 103 cm³/mol. The Hall–Kier alpha value is -3.40. The first-order valence-electron chi connectivity index (χ1n) is 8.34. The van der Waals surface area contributed by atoms with Gasteiger partial charge in [-0.1, -0.05) is 6.92 Å². The lowest BCUT2D eigenvalue weighted by Gasteiger charge is -2.07. The number of hydrogen-bond donors (Lipinski definition) is 2. The Bertz CT molecular complexity index is 1190. The zero-order valence-corrected chi connectivity index (χ0v) is 16.2. The van der Waals surface area contributed by atoms with Gasteiger partial charge in [0.05, 0.1) is 6.26 Å². The van der Waals surface area contributed by atoms with Crippen LogP contribution in [0.2, 0.25) is 0 Å². The van der Waals surface area contributed by atoms with Gasteiger partial charge in [0.1, 0.15) is 11.5 Å². The molecule has 0 radical (unpaired) electrons. The van der Waals surface area contributed by atoms with E-state index >= 15 is 0 Å². The smallest absolute Gasteiger partial charge is 0.292 e. The maximum Gasteiger partial charge on any atom is 0.292 e. The molecule has 2 N–H and O–H groups in total. The molecule has 0 fully saturated rings. The Morgan fingerprint density at radius 3 is 2.86 bits per heavy atom. The van der Waals surface area contributed by atoms with Crippen molar-refractivity contribution < 1.29 is 13.6 Å². The van der Waals surface area contributed by atoms with Gasteiger partial charge in [-0.2, -0.15) is 9.78 Å². The number of aromatic amines is 1. The largest absolute Gasteiger partial charge is 0.463 e. The fourth-order valence-corrected chi connectivity index (χ4v) is 2.87. The third-order valence-electron chi connectivity index (χ3n) is 3.87. The molecule has 10 heteroatoms. The number of nitrogens with zero attached hydrogens (tertiary/aromatic N) is 3. The Morgan fingerprint density at radius 1 is 1.32 bits per heavy atom. The summed E-state index contributed by atoms with van der Waals surface area (Å²) < 4.78 is 12.4. The summed E-state index contributed by atoms with van der Waals surface area (Å²) in [6.45, 7) is 1.89. The van der Waals surface area contributed by atoms with Crippen LogP contribution in [0, 0.1) is 0 Å². The van der Waals surface area contributed by atoms with Gasteiger partial charge in [-0.25, -0.2) is 4.98 Å². The molecule has 0 unspecified atom stereocenters. The van der Waals surface area contributed by atoms with E-state index in [2.05, 4.69) is 36.3 Å². The highest BCUT2D eigenvalue weighted by molar-refractivity contribution is 9.10. The number of carbonyl (C=O) groups excluding carboxylic acids is 1. The highest BCUT2D eigenvalue weighted by atomic mass is 79.9. The Labute approximate surface area is 166 Å². The van der Waals surface area contributed by atoms with Crippen LogP contribution < -0.4 is 10.9 Å². The molecule has 142 valence electrons. The molecule has 0 atom stereocenters. The Balaban J connectivity index is 1.79. The van der Waals surface area contributed by atoms with E-state index in [1.165, 1.54) is 23.1 Å². The molecule has 4 aromatic rings. The molecule has 0 aliphatic rings. The lowest BCUT2D eigenvalue weighted by molar-refractivity contribution is 0.0994. The molecule has 0 bridgehead atoms. The van der Waals surface area contributed by atoms with Crippen LogP contribution in [0.3, 0.4) is 0 Å². The van der Waals surface area contributed by atoms with Crippen molar-refractivity contribution in [3.05, 3.63) is 69.1 Å². The molecular weight excluding hydrogens is 430 g/mol. The number of aromatic nitrogens is 4. The third kappa shape index (κ3) is 3.54. The Kier molecular flexibility index (Phi) is 4.70. The monoisotopic (exact) mass is 443 g/mol. The van der Waals surface area contributed by atoms with E-state index in [1.807, 2.05) is 6.92 Å². The van der Waals surface area contributed by atoms with Crippen LogP contribution in [0.15, 0.2) is 61.0 Å². The van der Waals surface area contributed by atoms with Crippen molar-refractivity contribution in [1.29, 1.82) is 0 Å². The number of amides is 1. The second kappa shape index (κ2) is 7.31. The van der Waals surface area contributed by atoms with Gasteiger partial charge in [0.25, 0.3) is 11.5 Å². The van der Waals surface area contributed by atoms with Gasteiger partial charge >= 0.3 is 0 Å². The predicted octanol–water partition coefficient (Wildman–Crippen LogP) is 3.39. The fourth-order valence-electron chi connectivity index (χ4n) is 2.57. The van der Waals surface area contributed by atoms with Crippen LogP contribution in [0.5, 0.6) is 0 Å². The summed E-state index contributed by atoms with van der Waals surface area (Å²) in [6, 6.07) is 9.65. The first kappa shape index (κ1) is 18.0. The first-order chi connectivity index (χ1) is 13.5. The molecule has 4 aromatic heterocycles. The fraction of sp³-hybridized carbons (Fsp3) is 0.111. The van der Waals surface area contributed by atoms with E-state index in [1.54, 1.807) is 24.3 Å². The van der Waals surface area contributed by atoms with E-state index in [-0.39, 0.29) is 17.3 Å². The summed E-state index contributed by atoms with van der Waals surface area (Å²) in [4.78, 5) is 31.5. The second-order valence-electron chi connectivity index (χ2n) is 5.78. The zero-order valence-electron chi connectivity index (χ0n) is 14.6. The molecule has 9 nitrogen and oxygen atoms in total. The Morgan fingerprint density at radius 2 is 2.18 bits per heavy atom. The van der Waals surface area contributed by atoms with Gasteiger partial charge in [0, 0.05) is 17.8 Å². The summed E-state index contributed by atoms with van der Waals surface area (Å²) in [6.07, 6.45) is 2.09. The van der Waals surface area contributed by atoms with Crippen molar-refractivity contribution in [2.24, 2.45) is 0 Å². The minimum atomic E-state index is -0.480. The van der Waals surface area contributed by atoms with Crippen LogP contribution in [0.4, 0.5) is 5.82 Å². The second-order valence-corrected chi connectivity index (χ2v) is 6.56. The minimum Gasteiger partial charge on any atom is -0.463 e. The quantitative estimate of drug-likeness (QED) is 0.487. The van der Waals surface area contributed by atoms with E-state index in [9.17, 15) is 9.59 Å². The van der Waals surface area contributed by atoms with Gasteiger partial charge in [-0.15, -0.1) is 0 Å². The highest BCUT2D eigenvalue weighted by Gasteiger charge is 2.19. The third-order valence-corrected chi connectivity index (χ3v) is 4.29. The number of halogens is 1. The van der Waals surface area contributed by atoms with Crippen LogP contribution in [-0.2, 0) is 6.42 Å². The molecule has 0 aliphatic carbocycles. The van der Waals surface area contributed by atoms with E-state index < -0.39 is 5.91 Å². The van der Waals surface area contributed by atoms with E-state index in [0.717, 1.165) is 0 Å². The van der Waals surface area contributed by atoms with E-state index in [4.69, 9.17) is 8.83 Å². The van der Waals surface area contributed by atoms with Gasteiger partial charge in [0.2, 0.25) is 5.95 Å². The zero-order chi connectivity index (χ0) is 19.7. The molecular formula is C18H14BrN5O4. The number of nitrogens with one attached hydrogen (secondary N) is 2. The topological polar surface area (TPSA) is 119 Å². The number of anilines is 1. The van der Waals surface area contributed by atoms with Crippen molar-refractivity contribution >= 4 is 27.7 Å². The summed E-state index contributed by atoms with van der Waals surface area (Å²) in [5, 5.41) is 7.15. The number of aryl methyl sites for hydroxylation is 1. The van der Waals surface area contributed by atoms with Gasteiger partial charge in [0.15, 0.2) is 16.2 Å². The number of hydrogen-bond acceptors (Lipinski definition) is 6. The average Bonchev–Trinajstić information content (AvgIpc) is 3.41. The lowest BCUT2D eigenvalue weighted by atomic mass is 10.3. The lowest BCUT2D eigenvalue weighted by Crippen LogP contribution is -2.19. The number of rotatable bonds is 5. The summed E-state index contributed by atoms with van der Waals surface area (Å²) in [5.74, 6) is 0.608. The van der Waals surface area contributed by atoms with Crippen LogP contribution in [-0.4, -0.2) is 25.7 Å². The van der Waals surface area contributed by atoms with Crippen LogP contribution >= 0.6 is 15.9 Å². The summed E-state index contributed by atoms with van der Waals surface area (Å²) in [5.41, 5.74) is 0.746. The summed E-state index contributed by atoms with van der Waals surface area (Å²) >= 11 is 3.16. The van der Waals surface area contributed by atoms with Gasteiger partial charge < -0.3 is 14.2 Å². The maximum absolute atomic E-state index is 12.5. The molecule has 4 heterocycles. The average molecular weight is 444 g/mol. The van der Waals surface area contributed by atoms with Crippen molar-refractivity contribution in [3.8, 4) is 17.4 Å². The molecule has 0 spiro atoms. The number of carbonyl (C=O) groups is 1. The molecule has 0 saturated heterocycles. The van der Waals surface area contributed by atoms with Crippen molar-refractivity contribution in [1.82, 2.24) is 19.7 Å². The molecule has 0 aromatic carbocycles. The summed E-state index contributed by atoms with van der Waals surface area (Å²) in [7, 11) is 0. The normalized spacial score (nSPS) is 10.9. The maximum atomic E-state index is 12.5. The van der Waals surface area contributed by atoms with Crippen LogP contribution in [0.25, 0.3) is 17.4 Å². The van der Waals surface area contributed by atoms with Crippen LogP contribution in [0.1, 0.15) is 23.2 Å². The first-order valence-corrected chi connectivity index (χ1v) is 9.14. The number of H-pyrrole nitrogens is 1. The van der Waals surface area contributed by atoms with Gasteiger partial charge in [-0.3, -0.25) is 14.6 Å². The van der Waals surface area contributed by atoms with Crippen molar-refractivity contribution in [2.75, 3.05) is 5.32 Å². The molecule has 0 saturated carbocycles. The van der Waals surface area contributed by atoms with Crippen molar-refractivity contribution in [2.45, 2.75) is 13.3 Å². The molecule has 0 aliphatic heterocycles.